The van der Waals surface area contributed by atoms with Crippen LogP contribution in [-0.2, 0) is 4.74 Å². The molecule has 0 spiro atoms. The fourth-order valence-electron chi connectivity index (χ4n) is 1.90. The number of nitrogens with one attached hydrogen (secondary N) is 2. The molecule has 0 fully saturated rings. The molecule has 0 bridgehead atoms. The smallest absolute Gasteiger partial charge is 0.166 e. The van der Waals surface area contributed by atoms with Crippen LogP contribution in [0.4, 0.5) is 5.69 Å². The second-order valence-corrected chi connectivity index (χ2v) is 5.28. The highest BCUT2D eigenvalue weighted by Crippen LogP contribution is 2.10. The number of hydrogen-bond donors (Lipinski definition) is 2. The molecule has 4 nitrogen and oxygen atoms in total. The van der Waals surface area contributed by atoms with Gasteiger partial charge in [-0.2, -0.15) is 0 Å². The van der Waals surface area contributed by atoms with Crippen LogP contribution in [0.3, 0.4) is 0 Å². The maximum Gasteiger partial charge on any atom is 0.166 e. The summed E-state index contributed by atoms with van der Waals surface area (Å²) in [5.74, 6) is 0. The van der Waals surface area contributed by atoms with Gasteiger partial charge in [0.25, 0.3) is 0 Å². The van der Waals surface area contributed by atoms with E-state index in [4.69, 9.17) is 17.0 Å². The van der Waals surface area contributed by atoms with Gasteiger partial charge in [-0.05, 0) is 37.7 Å². The minimum atomic E-state index is 0.229. The monoisotopic (exact) mass is 295 g/mol. The van der Waals surface area contributed by atoms with E-state index in [0.29, 0.717) is 11.7 Å². The second-order valence-electron chi connectivity index (χ2n) is 4.87. The van der Waals surface area contributed by atoms with Crippen LogP contribution in [-0.4, -0.2) is 45.0 Å². The van der Waals surface area contributed by atoms with Crippen LogP contribution in [0, 0.1) is 0 Å². The molecule has 5 heteroatoms. The average Bonchev–Trinajstić information content (AvgIpc) is 2.44. The minimum absolute atomic E-state index is 0.229. The van der Waals surface area contributed by atoms with Crippen LogP contribution in [0.25, 0.3) is 0 Å². The third kappa shape index (κ3) is 6.73. The lowest BCUT2D eigenvalue weighted by molar-refractivity contribution is 0.179. The summed E-state index contributed by atoms with van der Waals surface area (Å²) in [5.41, 5.74) is 1.24. The van der Waals surface area contributed by atoms with Crippen LogP contribution >= 0.6 is 12.2 Å². The Balaban J connectivity index is 2.14. The third-order valence-electron chi connectivity index (χ3n) is 2.95. The highest BCUT2D eigenvalue weighted by molar-refractivity contribution is 7.80. The van der Waals surface area contributed by atoms with Gasteiger partial charge in [-0.1, -0.05) is 18.2 Å². The van der Waals surface area contributed by atoms with Crippen LogP contribution in [0.15, 0.2) is 30.3 Å². The number of methoxy groups -OCH3 is 1. The molecule has 0 aliphatic carbocycles. The van der Waals surface area contributed by atoms with Crippen LogP contribution in [0.2, 0.25) is 0 Å². The average molecular weight is 295 g/mol. The number of anilines is 1. The Morgan fingerprint density at radius 1 is 1.35 bits per heavy atom. The van der Waals surface area contributed by atoms with E-state index in [2.05, 4.69) is 46.8 Å². The van der Waals surface area contributed by atoms with Crippen molar-refractivity contribution in [2.24, 2.45) is 0 Å². The van der Waals surface area contributed by atoms with Gasteiger partial charge in [0.05, 0.1) is 6.61 Å². The van der Waals surface area contributed by atoms with Gasteiger partial charge in [0.2, 0.25) is 0 Å². The van der Waals surface area contributed by atoms with E-state index in [1.165, 1.54) is 5.69 Å². The zero-order valence-electron chi connectivity index (χ0n) is 12.6. The minimum Gasteiger partial charge on any atom is -0.383 e. The van der Waals surface area contributed by atoms with Crippen molar-refractivity contribution < 1.29 is 4.74 Å². The summed E-state index contributed by atoms with van der Waals surface area (Å²) < 4.78 is 5.05. The Kier molecular flexibility index (Phi) is 7.99. The molecule has 2 N–H and O–H groups in total. The highest BCUT2D eigenvalue weighted by Gasteiger charge is 2.03. The first-order chi connectivity index (χ1) is 9.63. The van der Waals surface area contributed by atoms with E-state index in [1.807, 2.05) is 13.0 Å². The molecular weight excluding hydrogens is 270 g/mol. The summed E-state index contributed by atoms with van der Waals surface area (Å²) in [6.45, 7) is 4.55. The fourth-order valence-corrected chi connectivity index (χ4v) is 2.20. The molecule has 0 saturated carbocycles. The second kappa shape index (κ2) is 9.55. The summed E-state index contributed by atoms with van der Waals surface area (Å²) >= 11 is 5.23. The molecule has 1 aromatic carbocycles. The Bertz CT molecular complexity index is 386. The molecule has 0 aliphatic heterocycles. The van der Waals surface area contributed by atoms with Crippen LogP contribution in [0.5, 0.6) is 0 Å². The van der Waals surface area contributed by atoms with Gasteiger partial charge in [0.1, 0.15) is 0 Å². The fraction of sp³-hybridized carbons (Fsp3) is 0.533. The molecule has 0 heterocycles. The summed E-state index contributed by atoms with van der Waals surface area (Å²) in [6.07, 6.45) is 1.03. The summed E-state index contributed by atoms with van der Waals surface area (Å²) in [6, 6.07) is 10.6. The van der Waals surface area contributed by atoms with Crippen molar-refractivity contribution in [3.05, 3.63) is 30.3 Å². The largest absolute Gasteiger partial charge is 0.383 e. The van der Waals surface area contributed by atoms with Gasteiger partial charge in [-0.3, -0.25) is 0 Å². The lowest BCUT2D eigenvalue weighted by Crippen LogP contribution is -2.43. The molecule has 0 aliphatic rings. The highest BCUT2D eigenvalue weighted by atomic mass is 32.1. The van der Waals surface area contributed by atoms with E-state index in [9.17, 15) is 0 Å². The zero-order valence-corrected chi connectivity index (χ0v) is 13.4. The number of para-hydroxylation sites is 1. The van der Waals surface area contributed by atoms with Crippen molar-refractivity contribution in [2.45, 2.75) is 19.4 Å². The van der Waals surface area contributed by atoms with E-state index >= 15 is 0 Å². The maximum absolute atomic E-state index is 5.23. The summed E-state index contributed by atoms with van der Waals surface area (Å²) in [7, 11) is 3.79. The quantitative estimate of drug-likeness (QED) is 0.567. The van der Waals surface area contributed by atoms with Gasteiger partial charge < -0.3 is 20.3 Å². The van der Waals surface area contributed by atoms with Gasteiger partial charge >= 0.3 is 0 Å². The normalized spacial score (nSPS) is 11.8. The molecule has 1 rings (SSSR count). The van der Waals surface area contributed by atoms with Gasteiger partial charge in [0.15, 0.2) is 5.11 Å². The first-order valence-electron chi connectivity index (χ1n) is 6.93. The van der Waals surface area contributed by atoms with Crippen LogP contribution < -0.4 is 15.5 Å². The van der Waals surface area contributed by atoms with E-state index in [-0.39, 0.29) is 6.04 Å². The SMILES string of the molecule is COCC(C)NC(=S)NCCCN(C)c1ccccc1. The van der Waals surface area contributed by atoms with Gasteiger partial charge in [-0.15, -0.1) is 0 Å². The predicted octanol–water partition coefficient (Wildman–Crippen LogP) is 2.01. The maximum atomic E-state index is 5.23. The van der Waals surface area contributed by atoms with E-state index < -0.39 is 0 Å². The topological polar surface area (TPSA) is 36.5 Å². The van der Waals surface area contributed by atoms with E-state index in [1.54, 1.807) is 7.11 Å². The van der Waals surface area contributed by atoms with Crippen molar-refractivity contribution >= 4 is 23.0 Å². The van der Waals surface area contributed by atoms with Crippen molar-refractivity contribution in [3.63, 3.8) is 0 Å². The van der Waals surface area contributed by atoms with Crippen molar-refractivity contribution in [1.82, 2.24) is 10.6 Å². The number of hydrogen-bond acceptors (Lipinski definition) is 3. The van der Waals surface area contributed by atoms with E-state index in [0.717, 1.165) is 19.5 Å². The standard InChI is InChI=1S/C15H25N3OS/c1-13(12-19-3)17-15(20)16-10-7-11-18(2)14-8-5-4-6-9-14/h4-6,8-9,13H,7,10-12H2,1-3H3,(H2,16,17,20). The molecule has 1 aromatic rings. The number of benzene rings is 1. The van der Waals surface area contributed by atoms with Crippen molar-refractivity contribution in [3.8, 4) is 0 Å². The van der Waals surface area contributed by atoms with Crippen LogP contribution in [0.1, 0.15) is 13.3 Å². The Hall–Kier alpha value is -1.33. The van der Waals surface area contributed by atoms with Crippen molar-refractivity contribution in [2.75, 3.05) is 38.8 Å². The molecule has 0 saturated heterocycles. The summed E-state index contributed by atoms with van der Waals surface area (Å²) in [4.78, 5) is 2.24. The zero-order chi connectivity index (χ0) is 14.8. The number of nitrogens with zero attached hydrogens (tertiary/aromatic N) is 1. The molecule has 0 amide bonds. The predicted molar refractivity (Wildman–Crippen MR) is 89.4 cm³/mol. The third-order valence-corrected chi connectivity index (χ3v) is 3.21. The Labute approximate surface area is 127 Å². The molecule has 1 unspecified atom stereocenters. The molecule has 112 valence electrons. The first kappa shape index (κ1) is 16.7. The molecular formula is C15H25N3OS. The first-order valence-corrected chi connectivity index (χ1v) is 7.33. The number of ether oxygens (including phenoxy) is 1. The lowest BCUT2D eigenvalue weighted by atomic mass is 10.3. The molecule has 0 radical (unpaired) electrons. The molecule has 20 heavy (non-hydrogen) atoms. The van der Waals surface area contributed by atoms with Crippen molar-refractivity contribution in [1.29, 1.82) is 0 Å². The molecule has 1 atom stereocenters. The molecule has 0 aromatic heterocycles. The lowest BCUT2D eigenvalue weighted by Gasteiger charge is -2.20. The Morgan fingerprint density at radius 2 is 2.05 bits per heavy atom. The summed E-state index contributed by atoms with van der Waals surface area (Å²) in [5, 5.41) is 7.09. The number of thiocarbonyl (C=S) groups is 1. The van der Waals surface area contributed by atoms with Gasteiger partial charge in [0, 0.05) is 39.0 Å². The Morgan fingerprint density at radius 3 is 2.70 bits per heavy atom. The van der Waals surface area contributed by atoms with Gasteiger partial charge in [-0.25, -0.2) is 0 Å². The number of rotatable bonds is 8.